The van der Waals surface area contributed by atoms with Crippen molar-refractivity contribution in [3.05, 3.63) is 28.7 Å². The lowest BCUT2D eigenvalue weighted by atomic mass is 10.1. The van der Waals surface area contributed by atoms with Crippen LogP contribution in [0.5, 0.6) is 11.5 Å². The molecule has 0 aromatic heterocycles. The lowest BCUT2D eigenvalue weighted by molar-refractivity contribution is -0.140. The van der Waals surface area contributed by atoms with Gasteiger partial charge >= 0.3 is 5.97 Å². The molecule has 0 unspecified atom stereocenters. The standard InChI is InChI=1S/C18H21NO5S2/c1-4-11(3)24-13-7-6-12(8-14(13)23-5-2)9-15-17(22)19(10-16(20)21)18(25)26-15/h6-9,11H,4-5,10H2,1-3H3,(H,20,21)/b15-9-/t11-/m1/s1. The molecule has 2 rings (SSSR count). The van der Waals surface area contributed by atoms with E-state index in [1.54, 1.807) is 18.2 Å². The highest BCUT2D eigenvalue weighted by Gasteiger charge is 2.33. The van der Waals surface area contributed by atoms with Crippen molar-refractivity contribution in [2.75, 3.05) is 13.2 Å². The highest BCUT2D eigenvalue weighted by atomic mass is 32.2. The Bertz CT molecular complexity index is 747. The molecule has 26 heavy (non-hydrogen) atoms. The number of carbonyl (C=O) groups excluding carboxylic acids is 1. The van der Waals surface area contributed by atoms with Gasteiger partial charge < -0.3 is 14.6 Å². The average molecular weight is 396 g/mol. The summed E-state index contributed by atoms with van der Waals surface area (Å²) in [5, 5.41) is 8.89. The van der Waals surface area contributed by atoms with E-state index in [1.807, 2.05) is 26.8 Å². The highest BCUT2D eigenvalue weighted by molar-refractivity contribution is 8.26. The van der Waals surface area contributed by atoms with Crippen LogP contribution in [0.25, 0.3) is 6.08 Å². The third-order valence-electron chi connectivity index (χ3n) is 3.64. The number of thiocarbonyl (C=S) groups is 1. The summed E-state index contributed by atoms with van der Waals surface area (Å²) in [7, 11) is 0. The lowest BCUT2D eigenvalue weighted by Gasteiger charge is -2.16. The number of carboxylic acid groups (broad SMARTS) is 1. The minimum absolute atomic E-state index is 0.0623. The molecule has 1 aliphatic rings. The van der Waals surface area contributed by atoms with Crippen molar-refractivity contribution in [2.24, 2.45) is 0 Å². The summed E-state index contributed by atoms with van der Waals surface area (Å²) in [6, 6.07) is 5.43. The number of aliphatic carboxylic acids is 1. The first-order chi connectivity index (χ1) is 12.3. The van der Waals surface area contributed by atoms with Gasteiger partial charge in [0.1, 0.15) is 10.9 Å². The van der Waals surface area contributed by atoms with Crippen LogP contribution in [0.15, 0.2) is 23.1 Å². The first-order valence-corrected chi connectivity index (χ1v) is 9.48. The zero-order valence-electron chi connectivity index (χ0n) is 14.9. The van der Waals surface area contributed by atoms with Gasteiger partial charge in [0, 0.05) is 0 Å². The molecule has 1 saturated heterocycles. The quantitative estimate of drug-likeness (QED) is 0.533. The number of carboxylic acids is 1. The summed E-state index contributed by atoms with van der Waals surface area (Å²) < 4.78 is 11.7. The van der Waals surface area contributed by atoms with E-state index in [1.165, 1.54) is 0 Å². The van der Waals surface area contributed by atoms with Gasteiger partial charge in [0.2, 0.25) is 0 Å². The number of rotatable bonds is 8. The zero-order chi connectivity index (χ0) is 19.3. The summed E-state index contributed by atoms with van der Waals surface area (Å²) in [5.74, 6) is -0.257. The SMILES string of the molecule is CCOc1cc(/C=C2\SC(=S)N(CC(=O)O)C2=O)ccc1O[C@H](C)CC. The van der Waals surface area contributed by atoms with Gasteiger partial charge in [0.05, 0.1) is 17.6 Å². The predicted octanol–water partition coefficient (Wildman–Crippen LogP) is 3.55. The molecule has 1 fully saturated rings. The van der Waals surface area contributed by atoms with Crippen molar-refractivity contribution in [2.45, 2.75) is 33.3 Å². The molecule has 1 aliphatic heterocycles. The Morgan fingerprint density at radius 2 is 2.12 bits per heavy atom. The number of hydrogen-bond donors (Lipinski definition) is 1. The molecule has 6 nitrogen and oxygen atoms in total. The van der Waals surface area contributed by atoms with Gasteiger partial charge in [0.15, 0.2) is 11.5 Å². The average Bonchev–Trinajstić information content (AvgIpc) is 2.84. The molecular formula is C18H21NO5S2. The summed E-state index contributed by atoms with van der Waals surface area (Å²) in [5.41, 5.74) is 0.751. The van der Waals surface area contributed by atoms with Crippen LogP contribution in [0, 0.1) is 0 Å². The number of amides is 1. The summed E-state index contributed by atoms with van der Waals surface area (Å²) in [6.45, 7) is 5.96. The van der Waals surface area contributed by atoms with Gasteiger partial charge in [-0.2, -0.15) is 0 Å². The molecule has 1 atom stereocenters. The summed E-state index contributed by atoms with van der Waals surface area (Å²) in [4.78, 5) is 24.7. The maximum Gasteiger partial charge on any atom is 0.323 e. The molecule has 1 amide bonds. The van der Waals surface area contributed by atoms with Gasteiger partial charge in [0.25, 0.3) is 5.91 Å². The smallest absolute Gasteiger partial charge is 0.323 e. The van der Waals surface area contributed by atoms with Crippen LogP contribution in [0.2, 0.25) is 0 Å². The summed E-state index contributed by atoms with van der Waals surface area (Å²) in [6.07, 6.45) is 2.61. The number of hydrogen-bond acceptors (Lipinski definition) is 6. The molecule has 1 aromatic rings. The first kappa shape index (κ1) is 20.3. The molecule has 1 aromatic carbocycles. The minimum atomic E-state index is -1.10. The van der Waals surface area contributed by atoms with Crippen LogP contribution in [-0.4, -0.2) is 45.5 Å². The van der Waals surface area contributed by atoms with E-state index >= 15 is 0 Å². The second-order valence-electron chi connectivity index (χ2n) is 5.64. The van der Waals surface area contributed by atoms with Crippen molar-refractivity contribution in [1.29, 1.82) is 0 Å². The van der Waals surface area contributed by atoms with Gasteiger partial charge in [-0.1, -0.05) is 37.0 Å². The first-order valence-electron chi connectivity index (χ1n) is 8.26. The van der Waals surface area contributed by atoms with Crippen LogP contribution in [-0.2, 0) is 9.59 Å². The number of thioether (sulfide) groups is 1. The van der Waals surface area contributed by atoms with Crippen molar-refractivity contribution in [1.82, 2.24) is 4.90 Å². The van der Waals surface area contributed by atoms with Gasteiger partial charge in [-0.3, -0.25) is 14.5 Å². The van der Waals surface area contributed by atoms with Crippen molar-refractivity contribution >= 4 is 46.3 Å². The van der Waals surface area contributed by atoms with E-state index in [0.29, 0.717) is 23.0 Å². The van der Waals surface area contributed by atoms with Crippen LogP contribution >= 0.6 is 24.0 Å². The van der Waals surface area contributed by atoms with Crippen molar-refractivity contribution < 1.29 is 24.2 Å². The van der Waals surface area contributed by atoms with E-state index in [9.17, 15) is 9.59 Å². The van der Waals surface area contributed by atoms with Crippen LogP contribution in [0.3, 0.4) is 0 Å². The van der Waals surface area contributed by atoms with Crippen LogP contribution in [0.4, 0.5) is 0 Å². The molecule has 0 spiro atoms. The molecule has 140 valence electrons. The zero-order valence-corrected chi connectivity index (χ0v) is 16.5. The van der Waals surface area contributed by atoms with E-state index in [4.69, 9.17) is 26.8 Å². The number of benzene rings is 1. The van der Waals surface area contributed by atoms with Crippen molar-refractivity contribution in [3.63, 3.8) is 0 Å². The van der Waals surface area contributed by atoms with E-state index in [2.05, 4.69) is 0 Å². The van der Waals surface area contributed by atoms with Crippen LogP contribution < -0.4 is 9.47 Å². The van der Waals surface area contributed by atoms with E-state index < -0.39 is 18.4 Å². The van der Waals surface area contributed by atoms with Crippen molar-refractivity contribution in [3.8, 4) is 11.5 Å². The van der Waals surface area contributed by atoms with Gasteiger partial charge in [-0.25, -0.2) is 0 Å². The number of ether oxygens (including phenoxy) is 2. The Hall–Kier alpha value is -2.06. The number of nitrogens with zero attached hydrogens (tertiary/aromatic N) is 1. The second-order valence-corrected chi connectivity index (χ2v) is 7.31. The molecule has 0 radical (unpaired) electrons. The topological polar surface area (TPSA) is 76.1 Å². The third-order valence-corrected chi connectivity index (χ3v) is 5.01. The fourth-order valence-corrected chi connectivity index (χ4v) is 3.46. The van der Waals surface area contributed by atoms with E-state index in [0.717, 1.165) is 28.6 Å². The second kappa shape index (κ2) is 9.05. The Morgan fingerprint density at radius 3 is 2.73 bits per heavy atom. The fourth-order valence-electron chi connectivity index (χ4n) is 2.20. The minimum Gasteiger partial charge on any atom is -0.490 e. The number of carbonyl (C=O) groups is 2. The maximum atomic E-state index is 12.3. The molecule has 8 heteroatoms. The van der Waals surface area contributed by atoms with Crippen LogP contribution in [0.1, 0.15) is 32.8 Å². The lowest BCUT2D eigenvalue weighted by Crippen LogP contribution is -2.33. The Labute approximate surface area is 162 Å². The molecule has 0 saturated carbocycles. The molecule has 0 aliphatic carbocycles. The largest absolute Gasteiger partial charge is 0.490 e. The Kier molecular flexibility index (Phi) is 7.05. The van der Waals surface area contributed by atoms with E-state index in [-0.39, 0.29) is 10.4 Å². The van der Waals surface area contributed by atoms with Gasteiger partial charge in [-0.05, 0) is 44.0 Å². The normalized spacial score (nSPS) is 16.9. The highest BCUT2D eigenvalue weighted by Crippen LogP contribution is 2.35. The summed E-state index contributed by atoms with van der Waals surface area (Å²) >= 11 is 6.19. The third kappa shape index (κ3) is 4.98. The predicted molar refractivity (Wildman–Crippen MR) is 106 cm³/mol. The monoisotopic (exact) mass is 395 g/mol. The maximum absolute atomic E-state index is 12.3. The molecular weight excluding hydrogens is 374 g/mol. The van der Waals surface area contributed by atoms with Gasteiger partial charge in [-0.15, -0.1) is 0 Å². The Balaban J connectivity index is 2.27. The molecule has 1 N–H and O–H groups in total. The molecule has 1 heterocycles. The Morgan fingerprint density at radius 1 is 1.38 bits per heavy atom. The molecule has 0 bridgehead atoms. The fraction of sp³-hybridized carbons (Fsp3) is 0.389.